The van der Waals surface area contributed by atoms with E-state index in [0.717, 1.165) is 50.8 Å². The Morgan fingerprint density at radius 1 is 1.35 bits per heavy atom. The Bertz CT molecular complexity index is 642. The minimum absolute atomic E-state index is 0.326. The van der Waals surface area contributed by atoms with Crippen molar-refractivity contribution < 1.29 is 9.26 Å². The van der Waals surface area contributed by atoms with Crippen LogP contribution in [0.25, 0.3) is 0 Å². The van der Waals surface area contributed by atoms with Crippen molar-refractivity contribution in [1.82, 2.24) is 19.8 Å². The highest BCUT2D eigenvalue weighted by Crippen LogP contribution is 2.29. The standard InChI is InChI=1S/C17H26N4O2/c1-5-21-9-14-7-20(10-16-12(3)19-23-13(16)4)8-15(11-22-6-2)17(14)18-21/h9,15H,5-8,10-11H2,1-4H3/t15-/m1/s1. The average molecular weight is 318 g/mol. The Morgan fingerprint density at radius 2 is 2.17 bits per heavy atom. The Labute approximate surface area is 137 Å². The van der Waals surface area contributed by atoms with E-state index < -0.39 is 0 Å². The number of nitrogens with zero attached hydrogens (tertiary/aromatic N) is 4. The van der Waals surface area contributed by atoms with Crippen molar-refractivity contribution >= 4 is 0 Å². The molecule has 0 spiro atoms. The third kappa shape index (κ3) is 3.33. The molecule has 1 atom stereocenters. The van der Waals surface area contributed by atoms with Crippen LogP contribution in [0.1, 0.15) is 48.0 Å². The van der Waals surface area contributed by atoms with E-state index in [-0.39, 0.29) is 0 Å². The largest absolute Gasteiger partial charge is 0.381 e. The van der Waals surface area contributed by atoms with E-state index in [1.807, 2.05) is 25.5 Å². The summed E-state index contributed by atoms with van der Waals surface area (Å²) in [5.74, 6) is 1.24. The molecular weight excluding hydrogens is 292 g/mol. The Morgan fingerprint density at radius 3 is 2.83 bits per heavy atom. The molecule has 23 heavy (non-hydrogen) atoms. The Kier molecular flexibility index (Phi) is 4.82. The van der Waals surface area contributed by atoms with Gasteiger partial charge in [-0.1, -0.05) is 5.16 Å². The highest BCUT2D eigenvalue weighted by molar-refractivity contribution is 5.26. The monoisotopic (exact) mass is 318 g/mol. The number of hydrogen-bond donors (Lipinski definition) is 0. The van der Waals surface area contributed by atoms with Gasteiger partial charge in [0.1, 0.15) is 5.76 Å². The normalized spacial score (nSPS) is 18.3. The second-order valence-corrected chi connectivity index (χ2v) is 6.22. The molecule has 2 aromatic rings. The first-order valence-corrected chi connectivity index (χ1v) is 8.40. The van der Waals surface area contributed by atoms with E-state index in [9.17, 15) is 0 Å². The maximum absolute atomic E-state index is 5.70. The van der Waals surface area contributed by atoms with Crippen molar-refractivity contribution in [2.24, 2.45) is 0 Å². The van der Waals surface area contributed by atoms with Crippen LogP contribution in [0.15, 0.2) is 10.7 Å². The SMILES string of the molecule is CCOC[C@H]1CN(Cc2c(C)noc2C)Cc2cn(CC)nc21. The number of ether oxygens (including phenoxy) is 1. The minimum atomic E-state index is 0.326. The van der Waals surface area contributed by atoms with Crippen molar-refractivity contribution in [3.63, 3.8) is 0 Å². The number of fused-ring (bicyclic) bond motifs is 1. The van der Waals surface area contributed by atoms with Gasteiger partial charge in [-0.3, -0.25) is 9.58 Å². The highest BCUT2D eigenvalue weighted by Gasteiger charge is 2.29. The van der Waals surface area contributed by atoms with Crippen LogP contribution in [0.3, 0.4) is 0 Å². The fourth-order valence-corrected chi connectivity index (χ4v) is 3.27. The van der Waals surface area contributed by atoms with Gasteiger partial charge in [-0.15, -0.1) is 0 Å². The van der Waals surface area contributed by atoms with E-state index >= 15 is 0 Å². The third-order valence-corrected chi connectivity index (χ3v) is 4.54. The molecule has 0 unspecified atom stereocenters. The predicted molar refractivity (Wildman–Crippen MR) is 87.2 cm³/mol. The van der Waals surface area contributed by atoms with Crippen molar-refractivity contribution in [1.29, 1.82) is 0 Å². The molecule has 0 fully saturated rings. The maximum Gasteiger partial charge on any atom is 0.138 e. The maximum atomic E-state index is 5.70. The van der Waals surface area contributed by atoms with E-state index in [1.54, 1.807) is 0 Å². The minimum Gasteiger partial charge on any atom is -0.381 e. The smallest absolute Gasteiger partial charge is 0.138 e. The number of aromatic nitrogens is 3. The molecule has 0 saturated heterocycles. The Hall–Kier alpha value is -1.66. The first kappa shape index (κ1) is 16.2. The summed E-state index contributed by atoms with van der Waals surface area (Å²) < 4.78 is 13.0. The summed E-state index contributed by atoms with van der Waals surface area (Å²) in [5.41, 5.74) is 4.70. The van der Waals surface area contributed by atoms with Crippen LogP contribution < -0.4 is 0 Å². The van der Waals surface area contributed by atoms with Gasteiger partial charge in [-0.05, 0) is 27.7 Å². The molecular formula is C17H26N4O2. The molecule has 0 aromatic carbocycles. The summed E-state index contributed by atoms with van der Waals surface area (Å²) in [7, 11) is 0. The van der Waals surface area contributed by atoms with Crippen molar-refractivity contribution in [2.45, 2.75) is 53.2 Å². The summed E-state index contributed by atoms with van der Waals surface area (Å²) >= 11 is 0. The molecule has 0 amide bonds. The van der Waals surface area contributed by atoms with Gasteiger partial charge in [0.15, 0.2) is 0 Å². The van der Waals surface area contributed by atoms with Gasteiger partial charge in [0.2, 0.25) is 0 Å². The van der Waals surface area contributed by atoms with Crippen LogP contribution in [0.5, 0.6) is 0 Å². The van der Waals surface area contributed by atoms with Crippen LogP contribution in [0, 0.1) is 13.8 Å². The van der Waals surface area contributed by atoms with Gasteiger partial charge in [0.25, 0.3) is 0 Å². The average Bonchev–Trinajstić information content (AvgIpc) is 3.10. The van der Waals surface area contributed by atoms with Gasteiger partial charge >= 0.3 is 0 Å². The highest BCUT2D eigenvalue weighted by atomic mass is 16.5. The zero-order valence-electron chi connectivity index (χ0n) is 14.5. The molecule has 3 rings (SSSR count). The van der Waals surface area contributed by atoms with Gasteiger partial charge in [-0.2, -0.15) is 5.10 Å². The number of aryl methyl sites for hydroxylation is 3. The zero-order valence-corrected chi connectivity index (χ0v) is 14.5. The lowest BCUT2D eigenvalue weighted by atomic mass is 9.96. The second kappa shape index (κ2) is 6.84. The molecule has 0 N–H and O–H groups in total. The van der Waals surface area contributed by atoms with Crippen LogP contribution in [0.2, 0.25) is 0 Å². The molecule has 6 heteroatoms. The summed E-state index contributed by atoms with van der Waals surface area (Å²) in [5, 5.41) is 8.82. The second-order valence-electron chi connectivity index (χ2n) is 6.22. The molecule has 0 aliphatic carbocycles. The fourth-order valence-electron chi connectivity index (χ4n) is 3.27. The third-order valence-electron chi connectivity index (χ3n) is 4.54. The molecule has 6 nitrogen and oxygen atoms in total. The molecule has 0 saturated carbocycles. The predicted octanol–water partition coefficient (Wildman–Crippen LogP) is 2.64. The molecule has 0 radical (unpaired) electrons. The summed E-state index contributed by atoms with van der Waals surface area (Å²) in [6.07, 6.45) is 2.17. The summed E-state index contributed by atoms with van der Waals surface area (Å²) in [6, 6.07) is 0. The number of hydrogen-bond acceptors (Lipinski definition) is 5. The molecule has 126 valence electrons. The van der Waals surface area contributed by atoms with Crippen LogP contribution in [-0.2, 0) is 24.4 Å². The number of rotatable bonds is 6. The lowest BCUT2D eigenvalue weighted by Crippen LogP contribution is -2.35. The molecule has 1 aliphatic rings. The lowest BCUT2D eigenvalue weighted by Gasteiger charge is -2.31. The van der Waals surface area contributed by atoms with Gasteiger partial charge in [0, 0.05) is 56.0 Å². The van der Waals surface area contributed by atoms with Gasteiger partial charge < -0.3 is 9.26 Å². The van der Waals surface area contributed by atoms with Crippen LogP contribution in [-0.4, -0.2) is 39.6 Å². The van der Waals surface area contributed by atoms with E-state index in [1.165, 1.54) is 16.8 Å². The van der Waals surface area contributed by atoms with Crippen molar-refractivity contribution in [3.05, 3.63) is 34.5 Å². The molecule has 2 aromatic heterocycles. The van der Waals surface area contributed by atoms with Crippen molar-refractivity contribution in [2.75, 3.05) is 19.8 Å². The fraction of sp³-hybridized carbons (Fsp3) is 0.647. The van der Waals surface area contributed by atoms with E-state index in [0.29, 0.717) is 5.92 Å². The first-order valence-electron chi connectivity index (χ1n) is 8.40. The summed E-state index contributed by atoms with van der Waals surface area (Å²) in [6.45, 7) is 13.3. The summed E-state index contributed by atoms with van der Waals surface area (Å²) in [4.78, 5) is 2.44. The van der Waals surface area contributed by atoms with E-state index in [2.05, 4.69) is 23.2 Å². The topological polar surface area (TPSA) is 56.3 Å². The first-order chi connectivity index (χ1) is 11.1. The molecule has 3 heterocycles. The lowest BCUT2D eigenvalue weighted by molar-refractivity contribution is 0.104. The van der Waals surface area contributed by atoms with Gasteiger partial charge in [-0.25, -0.2) is 0 Å². The van der Waals surface area contributed by atoms with Crippen LogP contribution in [0.4, 0.5) is 0 Å². The van der Waals surface area contributed by atoms with E-state index in [4.69, 9.17) is 14.4 Å². The van der Waals surface area contributed by atoms with Gasteiger partial charge in [0.05, 0.1) is 18.0 Å². The quantitative estimate of drug-likeness (QED) is 0.819. The molecule has 1 aliphatic heterocycles. The zero-order chi connectivity index (χ0) is 16.4. The Balaban J connectivity index is 1.81. The van der Waals surface area contributed by atoms with Crippen LogP contribution >= 0.6 is 0 Å². The molecule has 0 bridgehead atoms. The van der Waals surface area contributed by atoms with Crippen molar-refractivity contribution in [3.8, 4) is 0 Å².